The second-order valence-electron chi connectivity index (χ2n) is 3.89. The van der Waals surface area contributed by atoms with Crippen LogP contribution >= 0.6 is 0 Å². The zero-order valence-corrected chi connectivity index (χ0v) is 10.8. The van der Waals surface area contributed by atoms with Crippen LogP contribution in [-0.2, 0) is 6.18 Å². The minimum atomic E-state index is -4.53. The fourth-order valence-corrected chi connectivity index (χ4v) is 1.58. The summed E-state index contributed by atoms with van der Waals surface area (Å²) >= 11 is 0. The molecular weight excluding hydrogens is 261 g/mol. The molecule has 0 saturated carbocycles. The Bertz CT molecular complexity index is 405. The maximum Gasteiger partial charge on any atom is 0.433 e. The van der Waals surface area contributed by atoms with E-state index in [1.165, 1.54) is 7.05 Å². The van der Waals surface area contributed by atoms with Gasteiger partial charge in [0, 0.05) is 26.2 Å². The Morgan fingerprint density at radius 2 is 2.00 bits per heavy atom. The zero-order chi connectivity index (χ0) is 14.5. The van der Waals surface area contributed by atoms with Gasteiger partial charge in [0.2, 0.25) is 5.95 Å². The molecule has 1 heterocycles. The van der Waals surface area contributed by atoms with Gasteiger partial charge in [0.05, 0.1) is 6.61 Å². The highest BCUT2D eigenvalue weighted by molar-refractivity contribution is 5.45. The number of rotatable bonds is 6. The molecule has 8 heteroatoms. The highest BCUT2D eigenvalue weighted by Gasteiger charge is 2.34. The molecule has 5 nitrogen and oxygen atoms in total. The number of aromatic nitrogens is 2. The largest absolute Gasteiger partial charge is 0.433 e. The van der Waals surface area contributed by atoms with Crippen molar-refractivity contribution in [1.29, 1.82) is 0 Å². The number of alkyl halides is 3. The lowest BCUT2D eigenvalue weighted by Crippen LogP contribution is -2.29. The average Bonchev–Trinajstić information content (AvgIpc) is 2.37. The first kappa shape index (κ1) is 15.5. The molecule has 2 N–H and O–H groups in total. The number of nitrogens with one attached hydrogen (secondary N) is 1. The molecule has 19 heavy (non-hydrogen) atoms. The van der Waals surface area contributed by atoms with Gasteiger partial charge in [0.25, 0.3) is 0 Å². The Kier molecular flexibility index (Phi) is 5.34. The normalized spacial score (nSPS) is 11.5. The van der Waals surface area contributed by atoms with Gasteiger partial charge in [0.1, 0.15) is 5.82 Å². The number of nitrogens with zero attached hydrogens (tertiary/aromatic N) is 3. The van der Waals surface area contributed by atoms with Crippen molar-refractivity contribution in [2.75, 3.05) is 37.0 Å². The molecule has 108 valence electrons. The summed E-state index contributed by atoms with van der Waals surface area (Å²) in [5.74, 6) is 0.0615. The monoisotopic (exact) mass is 278 g/mol. The van der Waals surface area contributed by atoms with E-state index in [1.54, 1.807) is 4.90 Å². The van der Waals surface area contributed by atoms with E-state index >= 15 is 0 Å². The molecule has 0 radical (unpaired) electrons. The summed E-state index contributed by atoms with van der Waals surface area (Å²) < 4.78 is 38.2. The van der Waals surface area contributed by atoms with Gasteiger partial charge in [-0.25, -0.2) is 4.98 Å². The lowest BCUT2D eigenvalue weighted by atomic mass is 10.3. The maximum atomic E-state index is 12.7. The molecule has 0 aromatic carbocycles. The second-order valence-corrected chi connectivity index (χ2v) is 3.89. The summed E-state index contributed by atoms with van der Waals surface area (Å²) in [6.07, 6.45) is -3.79. The number of halogens is 3. The highest BCUT2D eigenvalue weighted by Crippen LogP contribution is 2.30. The number of hydrogen-bond donors (Lipinski definition) is 2. The molecule has 0 unspecified atom stereocenters. The van der Waals surface area contributed by atoms with Crippen molar-refractivity contribution in [1.82, 2.24) is 9.97 Å². The van der Waals surface area contributed by atoms with Gasteiger partial charge in [0.15, 0.2) is 5.69 Å². The van der Waals surface area contributed by atoms with Crippen LogP contribution in [0.2, 0.25) is 0 Å². The molecule has 0 aliphatic rings. The first-order valence-electron chi connectivity index (χ1n) is 5.92. The van der Waals surface area contributed by atoms with Gasteiger partial charge < -0.3 is 15.3 Å². The van der Waals surface area contributed by atoms with Crippen molar-refractivity contribution in [3.05, 3.63) is 11.8 Å². The Hall–Kier alpha value is -1.57. The van der Waals surface area contributed by atoms with Crippen LogP contribution in [-0.4, -0.2) is 41.8 Å². The first-order chi connectivity index (χ1) is 8.92. The molecule has 0 spiro atoms. The van der Waals surface area contributed by atoms with E-state index in [0.29, 0.717) is 6.54 Å². The molecule has 1 aromatic rings. The maximum absolute atomic E-state index is 12.7. The van der Waals surface area contributed by atoms with Crippen molar-refractivity contribution in [2.24, 2.45) is 0 Å². The van der Waals surface area contributed by atoms with E-state index in [0.717, 1.165) is 12.5 Å². The van der Waals surface area contributed by atoms with Crippen LogP contribution in [0.5, 0.6) is 0 Å². The van der Waals surface area contributed by atoms with Gasteiger partial charge in [-0.2, -0.15) is 18.2 Å². The summed E-state index contributed by atoms with van der Waals surface area (Å²) in [5, 5.41) is 11.5. The molecule has 1 rings (SSSR count). The van der Waals surface area contributed by atoms with E-state index in [2.05, 4.69) is 15.3 Å². The zero-order valence-electron chi connectivity index (χ0n) is 10.8. The Morgan fingerprint density at radius 1 is 1.32 bits per heavy atom. The van der Waals surface area contributed by atoms with Gasteiger partial charge in [-0.1, -0.05) is 6.92 Å². The summed E-state index contributed by atoms with van der Waals surface area (Å²) in [5.41, 5.74) is -0.999. The summed E-state index contributed by atoms with van der Waals surface area (Å²) in [4.78, 5) is 8.98. The molecule has 0 aliphatic carbocycles. The minimum absolute atomic E-state index is 0.0936. The lowest BCUT2D eigenvalue weighted by Gasteiger charge is -2.23. The SMILES string of the molecule is CCCN(CCO)c1cc(C(F)(F)F)nc(NC)n1. The fraction of sp³-hybridized carbons (Fsp3) is 0.636. The van der Waals surface area contributed by atoms with Gasteiger partial charge >= 0.3 is 6.18 Å². The van der Waals surface area contributed by atoms with Crippen molar-refractivity contribution < 1.29 is 18.3 Å². The molecule has 0 aliphatic heterocycles. The topological polar surface area (TPSA) is 61.3 Å². The molecule has 0 bridgehead atoms. The number of aliphatic hydroxyl groups is 1. The van der Waals surface area contributed by atoms with Crippen molar-refractivity contribution >= 4 is 11.8 Å². The number of hydrogen-bond acceptors (Lipinski definition) is 5. The van der Waals surface area contributed by atoms with E-state index < -0.39 is 11.9 Å². The van der Waals surface area contributed by atoms with E-state index in [4.69, 9.17) is 5.11 Å². The highest BCUT2D eigenvalue weighted by atomic mass is 19.4. The Balaban J connectivity index is 3.17. The van der Waals surface area contributed by atoms with Crippen LogP contribution in [0.1, 0.15) is 19.0 Å². The molecule has 1 aromatic heterocycles. The predicted octanol–water partition coefficient (Wildman–Crippen LogP) is 1.75. The Labute approximate surface area is 109 Å². The third kappa shape index (κ3) is 4.23. The molecule has 0 fully saturated rings. The molecule has 0 atom stereocenters. The quantitative estimate of drug-likeness (QED) is 0.830. The molecule has 0 saturated heterocycles. The second kappa shape index (κ2) is 6.55. The molecule has 0 amide bonds. The third-order valence-electron chi connectivity index (χ3n) is 2.41. The van der Waals surface area contributed by atoms with Gasteiger partial charge in [-0.05, 0) is 6.42 Å². The van der Waals surface area contributed by atoms with Crippen LogP contribution in [0.4, 0.5) is 24.9 Å². The molecular formula is C11H17F3N4O. The Morgan fingerprint density at radius 3 is 2.47 bits per heavy atom. The van der Waals surface area contributed by atoms with Crippen LogP contribution < -0.4 is 10.2 Å². The first-order valence-corrected chi connectivity index (χ1v) is 5.92. The summed E-state index contributed by atoms with van der Waals surface area (Å²) in [6.45, 7) is 2.48. The van der Waals surface area contributed by atoms with E-state index in [9.17, 15) is 13.2 Å². The lowest BCUT2D eigenvalue weighted by molar-refractivity contribution is -0.141. The van der Waals surface area contributed by atoms with E-state index in [1.807, 2.05) is 6.92 Å². The number of anilines is 2. The van der Waals surface area contributed by atoms with Crippen LogP contribution in [0.25, 0.3) is 0 Å². The van der Waals surface area contributed by atoms with Crippen molar-refractivity contribution in [3.8, 4) is 0 Å². The van der Waals surface area contributed by atoms with Crippen LogP contribution in [0, 0.1) is 0 Å². The minimum Gasteiger partial charge on any atom is -0.395 e. The van der Waals surface area contributed by atoms with Crippen molar-refractivity contribution in [2.45, 2.75) is 19.5 Å². The summed E-state index contributed by atoms with van der Waals surface area (Å²) in [7, 11) is 1.45. The smallest absolute Gasteiger partial charge is 0.395 e. The van der Waals surface area contributed by atoms with Crippen LogP contribution in [0.3, 0.4) is 0 Å². The standard InChI is InChI=1S/C11H17F3N4O/c1-3-4-18(5-6-19)9-7-8(11(12,13)14)16-10(15-2)17-9/h7,19H,3-6H2,1-2H3,(H,15,16,17). The van der Waals surface area contributed by atoms with Gasteiger partial charge in [-0.15, -0.1) is 0 Å². The average molecular weight is 278 g/mol. The predicted molar refractivity (Wildman–Crippen MR) is 66.2 cm³/mol. The van der Waals surface area contributed by atoms with Crippen molar-refractivity contribution in [3.63, 3.8) is 0 Å². The third-order valence-corrected chi connectivity index (χ3v) is 2.41. The fourth-order valence-electron chi connectivity index (χ4n) is 1.58. The van der Waals surface area contributed by atoms with Gasteiger partial charge in [-0.3, -0.25) is 0 Å². The summed E-state index contributed by atoms with van der Waals surface area (Å²) in [6, 6.07) is 0.895. The van der Waals surface area contributed by atoms with Crippen LogP contribution in [0.15, 0.2) is 6.07 Å². The number of aliphatic hydroxyl groups excluding tert-OH is 1. The van der Waals surface area contributed by atoms with E-state index in [-0.39, 0.29) is 24.9 Å².